The molecule has 2 atom stereocenters. The van der Waals surface area contributed by atoms with Gasteiger partial charge in [0.2, 0.25) is 0 Å². The van der Waals surface area contributed by atoms with Gasteiger partial charge in [0.15, 0.2) is 5.82 Å². The number of carbonyl (C=O) groups is 2. The second-order valence-corrected chi connectivity index (χ2v) is 9.61. The average Bonchev–Trinajstić information content (AvgIpc) is 3.31. The molecule has 0 saturated carbocycles. The lowest BCUT2D eigenvalue weighted by Crippen LogP contribution is -2.59. The molecule has 10 nitrogen and oxygen atoms in total. The lowest BCUT2D eigenvalue weighted by molar-refractivity contribution is 0.0511. The minimum atomic E-state index is -0.588. The van der Waals surface area contributed by atoms with Crippen LogP contribution in [0, 0.1) is 5.92 Å². The van der Waals surface area contributed by atoms with Crippen molar-refractivity contribution >= 4 is 17.8 Å². The number of aliphatic hydroxyl groups is 1. The van der Waals surface area contributed by atoms with Crippen LogP contribution in [0.1, 0.15) is 49.4 Å². The number of hydrogen-bond acceptors (Lipinski definition) is 6. The van der Waals surface area contributed by atoms with Crippen molar-refractivity contribution in [1.29, 1.82) is 0 Å². The minimum Gasteiger partial charge on any atom is -0.396 e. The highest BCUT2D eigenvalue weighted by Gasteiger charge is 2.46. The minimum absolute atomic E-state index is 0.0195. The first-order valence-corrected chi connectivity index (χ1v) is 11.4. The number of aromatic amines is 1. The molecule has 0 bridgehead atoms. The van der Waals surface area contributed by atoms with Gasteiger partial charge in [-0.3, -0.25) is 19.8 Å². The molecule has 3 amide bonds. The number of urea groups is 1. The van der Waals surface area contributed by atoms with E-state index in [-0.39, 0.29) is 30.5 Å². The predicted octanol–water partition coefficient (Wildman–Crippen LogP) is 1.86. The van der Waals surface area contributed by atoms with E-state index < -0.39 is 5.54 Å². The van der Waals surface area contributed by atoms with Crippen molar-refractivity contribution in [2.75, 3.05) is 38.1 Å². The fourth-order valence-corrected chi connectivity index (χ4v) is 4.73. The number of anilines is 1. The number of H-pyrrole nitrogens is 1. The Balaban J connectivity index is 1.46. The van der Waals surface area contributed by atoms with Gasteiger partial charge in [-0.15, -0.1) is 0 Å². The molecule has 2 aromatic heterocycles. The zero-order valence-electron chi connectivity index (χ0n) is 19.7. The topological polar surface area (TPSA) is 118 Å². The number of nitrogens with zero attached hydrogens (tertiary/aromatic N) is 5. The molecule has 10 heteroatoms. The molecule has 0 unspecified atom stereocenters. The summed E-state index contributed by atoms with van der Waals surface area (Å²) in [5.41, 5.74) is 1.37. The van der Waals surface area contributed by atoms with Gasteiger partial charge in [-0.2, -0.15) is 5.10 Å². The normalized spacial score (nSPS) is 21.1. The highest BCUT2D eigenvalue weighted by atomic mass is 16.3. The number of nitrogens with one attached hydrogen (secondary N) is 2. The molecule has 2 aliphatic heterocycles. The average molecular weight is 456 g/mol. The third-order valence-electron chi connectivity index (χ3n) is 6.67. The number of carbonyl (C=O) groups excluding carboxylic acids is 2. The quantitative estimate of drug-likeness (QED) is 0.634. The molecule has 33 heavy (non-hydrogen) atoms. The Kier molecular flexibility index (Phi) is 6.40. The third kappa shape index (κ3) is 4.45. The number of aliphatic hydroxyl groups excluding tert-OH is 1. The van der Waals surface area contributed by atoms with Gasteiger partial charge in [-0.25, -0.2) is 4.79 Å². The second-order valence-electron chi connectivity index (χ2n) is 9.61. The molecule has 4 heterocycles. The Hall–Kier alpha value is -2.98. The molecular formula is C23H33N7O3. The maximum absolute atomic E-state index is 13.6. The summed E-state index contributed by atoms with van der Waals surface area (Å²) in [7, 11) is 0. The maximum Gasteiger partial charge on any atom is 0.321 e. The smallest absolute Gasteiger partial charge is 0.321 e. The molecular weight excluding hydrogens is 422 g/mol. The van der Waals surface area contributed by atoms with E-state index in [1.807, 2.05) is 30.6 Å². The molecule has 2 aliphatic rings. The van der Waals surface area contributed by atoms with Crippen molar-refractivity contribution in [3.8, 4) is 0 Å². The maximum atomic E-state index is 13.6. The Labute approximate surface area is 194 Å². The molecule has 0 radical (unpaired) electrons. The van der Waals surface area contributed by atoms with E-state index >= 15 is 0 Å². The predicted molar refractivity (Wildman–Crippen MR) is 124 cm³/mol. The van der Waals surface area contributed by atoms with Gasteiger partial charge in [0.25, 0.3) is 5.91 Å². The van der Waals surface area contributed by atoms with E-state index in [1.54, 1.807) is 24.4 Å². The van der Waals surface area contributed by atoms with Crippen molar-refractivity contribution in [2.45, 2.75) is 45.8 Å². The van der Waals surface area contributed by atoms with E-state index in [0.717, 1.165) is 30.9 Å². The molecule has 1 saturated heterocycles. The van der Waals surface area contributed by atoms with Crippen molar-refractivity contribution in [1.82, 2.24) is 29.9 Å². The molecule has 0 aliphatic carbocycles. The van der Waals surface area contributed by atoms with E-state index in [1.165, 1.54) is 0 Å². The molecule has 0 spiro atoms. The van der Waals surface area contributed by atoms with Crippen molar-refractivity contribution in [2.24, 2.45) is 5.92 Å². The molecule has 2 aromatic rings. The number of fused-ring (bicyclic) bond motifs is 1. The highest BCUT2D eigenvalue weighted by molar-refractivity contribution is 6.02. The van der Waals surface area contributed by atoms with Crippen LogP contribution in [0.25, 0.3) is 0 Å². The number of pyridine rings is 1. The van der Waals surface area contributed by atoms with E-state index in [9.17, 15) is 14.7 Å². The second kappa shape index (κ2) is 9.11. The third-order valence-corrected chi connectivity index (χ3v) is 6.67. The van der Waals surface area contributed by atoms with Crippen LogP contribution in [0.15, 0.2) is 24.4 Å². The summed E-state index contributed by atoms with van der Waals surface area (Å²) in [5, 5.41) is 19.5. The number of aromatic nitrogens is 3. The van der Waals surface area contributed by atoms with E-state index in [2.05, 4.69) is 32.3 Å². The van der Waals surface area contributed by atoms with Gasteiger partial charge < -0.3 is 20.2 Å². The van der Waals surface area contributed by atoms with Gasteiger partial charge in [0.05, 0.1) is 17.8 Å². The van der Waals surface area contributed by atoms with Crippen LogP contribution >= 0.6 is 0 Å². The number of piperazine rings is 1. The van der Waals surface area contributed by atoms with Gasteiger partial charge >= 0.3 is 6.03 Å². The molecule has 1 fully saturated rings. The van der Waals surface area contributed by atoms with Gasteiger partial charge in [-0.05, 0) is 38.8 Å². The van der Waals surface area contributed by atoms with Crippen LogP contribution in [0.4, 0.5) is 10.6 Å². The van der Waals surface area contributed by atoms with E-state index in [0.29, 0.717) is 24.6 Å². The van der Waals surface area contributed by atoms with Crippen molar-refractivity contribution in [3.05, 3.63) is 41.3 Å². The number of rotatable bonds is 5. The standard InChI is InChI=1S/C23H33N7O3/c1-15(14-31)11-28-9-10-29(16(2)12-28)22(33)30-13-17-19(23(30,3)4)26-27-20(17)25-21(32)18-7-5-6-8-24-18/h5-8,15-16,31H,9-14H2,1-4H3,(H2,25,26,27,32)/t15-,16+/m1/s1. The van der Waals surface area contributed by atoms with E-state index in [4.69, 9.17) is 0 Å². The fraction of sp³-hybridized carbons (Fsp3) is 0.565. The lowest BCUT2D eigenvalue weighted by Gasteiger charge is -2.44. The lowest BCUT2D eigenvalue weighted by atomic mass is 10.0. The SMILES string of the molecule is C[C@@H](CO)CN1CCN(C(=O)N2Cc3c(NC(=O)c4ccccn4)n[nH]c3C2(C)C)[C@@H](C)C1. The molecule has 178 valence electrons. The Morgan fingerprint density at radius 1 is 1.33 bits per heavy atom. The van der Waals surface area contributed by atoms with Crippen LogP contribution < -0.4 is 5.32 Å². The van der Waals surface area contributed by atoms with Crippen molar-refractivity contribution in [3.63, 3.8) is 0 Å². The summed E-state index contributed by atoms with van der Waals surface area (Å²) in [6, 6.07) is 5.20. The molecule has 3 N–H and O–H groups in total. The van der Waals surface area contributed by atoms with Crippen LogP contribution in [-0.4, -0.2) is 85.8 Å². The fourth-order valence-electron chi connectivity index (χ4n) is 4.73. The summed E-state index contributed by atoms with van der Waals surface area (Å²) >= 11 is 0. The summed E-state index contributed by atoms with van der Waals surface area (Å²) < 4.78 is 0. The van der Waals surface area contributed by atoms with Crippen LogP contribution in [0.2, 0.25) is 0 Å². The summed E-state index contributed by atoms with van der Waals surface area (Å²) in [5.74, 6) is 0.309. The largest absolute Gasteiger partial charge is 0.396 e. The van der Waals surface area contributed by atoms with Crippen LogP contribution in [0.5, 0.6) is 0 Å². The Morgan fingerprint density at radius 2 is 2.12 bits per heavy atom. The summed E-state index contributed by atoms with van der Waals surface area (Å²) in [4.78, 5) is 36.3. The molecule has 4 rings (SSSR count). The number of amides is 3. The Bertz CT molecular complexity index is 1010. The highest BCUT2D eigenvalue weighted by Crippen LogP contribution is 2.41. The first-order valence-electron chi connectivity index (χ1n) is 11.4. The van der Waals surface area contributed by atoms with Gasteiger partial charge in [-0.1, -0.05) is 13.0 Å². The number of hydrogen-bond donors (Lipinski definition) is 3. The van der Waals surface area contributed by atoms with Crippen LogP contribution in [0.3, 0.4) is 0 Å². The van der Waals surface area contributed by atoms with Gasteiger partial charge in [0, 0.05) is 50.6 Å². The van der Waals surface area contributed by atoms with Crippen molar-refractivity contribution < 1.29 is 14.7 Å². The van der Waals surface area contributed by atoms with Crippen LogP contribution in [-0.2, 0) is 12.1 Å². The first kappa shape index (κ1) is 23.2. The first-order chi connectivity index (χ1) is 15.7. The zero-order valence-corrected chi connectivity index (χ0v) is 19.7. The molecule has 0 aromatic carbocycles. The summed E-state index contributed by atoms with van der Waals surface area (Å²) in [6.07, 6.45) is 1.57. The Morgan fingerprint density at radius 3 is 2.79 bits per heavy atom. The summed E-state index contributed by atoms with van der Waals surface area (Å²) in [6.45, 7) is 11.6. The monoisotopic (exact) mass is 455 g/mol. The zero-order chi connectivity index (χ0) is 23.8. The van der Waals surface area contributed by atoms with Gasteiger partial charge in [0.1, 0.15) is 5.69 Å².